The number of rotatable bonds is 7. The minimum Gasteiger partial charge on any atom is -0.497 e. The van der Waals surface area contributed by atoms with Crippen LogP contribution in [0.3, 0.4) is 0 Å². The number of ether oxygens (including phenoxy) is 2. The quantitative estimate of drug-likeness (QED) is 0.592. The smallest absolute Gasteiger partial charge is 0.334 e. The molecule has 18 heavy (non-hydrogen) atoms. The molecule has 0 spiro atoms. The normalized spacial score (nSPS) is 9.89. The van der Waals surface area contributed by atoms with E-state index in [1.165, 1.54) is 0 Å². The predicted molar refractivity (Wildman–Crippen MR) is 70.5 cm³/mol. The van der Waals surface area contributed by atoms with Crippen molar-refractivity contribution in [1.82, 2.24) is 5.32 Å². The zero-order valence-corrected chi connectivity index (χ0v) is 10.9. The first-order valence-corrected chi connectivity index (χ1v) is 5.86. The molecule has 1 rings (SSSR count). The van der Waals surface area contributed by atoms with Gasteiger partial charge in [0.25, 0.3) is 0 Å². The summed E-state index contributed by atoms with van der Waals surface area (Å²) in [7, 11) is 1.64. The Morgan fingerprint density at radius 2 is 2.00 bits per heavy atom. The Morgan fingerprint density at radius 1 is 1.33 bits per heavy atom. The third kappa shape index (κ3) is 4.59. The summed E-state index contributed by atoms with van der Waals surface area (Å²) >= 11 is 0. The molecule has 98 valence electrons. The van der Waals surface area contributed by atoms with Gasteiger partial charge in [-0.05, 0) is 24.6 Å². The van der Waals surface area contributed by atoms with Gasteiger partial charge in [-0.15, -0.1) is 0 Å². The maximum atomic E-state index is 11.3. The van der Waals surface area contributed by atoms with Gasteiger partial charge in [-0.25, -0.2) is 4.79 Å². The maximum Gasteiger partial charge on any atom is 0.334 e. The number of hydrogen-bond donors (Lipinski definition) is 1. The fourth-order valence-electron chi connectivity index (χ4n) is 1.41. The lowest BCUT2D eigenvalue weighted by Crippen LogP contribution is -2.21. The van der Waals surface area contributed by atoms with Crippen molar-refractivity contribution in [3.63, 3.8) is 0 Å². The molecule has 0 aliphatic rings. The second-order valence-electron chi connectivity index (χ2n) is 3.78. The summed E-state index contributed by atoms with van der Waals surface area (Å²) in [6, 6.07) is 7.74. The second-order valence-corrected chi connectivity index (χ2v) is 3.78. The van der Waals surface area contributed by atoms with Crippen molar-refractivity contribution in [2.24, 2.45) is 0 Å². The molecule has 0 aliphatic heterocycles. The summed E-state index contributed by atoms with van der Waals surface area (Å²) in [6.45, 7) is 6.91. The van der Waals surface area contributed by atoms with Gasteiger partial charge in [0.05, 0.1) is 13.7 Å². The number of hydrogen-bond acceptors (Lipinski definition) is 4. The Morgan fingerprint density at radius 3 is 2.56 bits per heavy atom. The molecule has 1 aromatic rings. The highest BCUT2D eigenvalue weighted by atomic mass is 16.5. The predicted octanol–water partition coefficient (Wildman–Crippen LogP) is 1.90. The molecule has 0 saturated carbocycles. The van der Waals surface area contributed by atoms with Gasteiger partial charge in [0.2, 0.25) is 0 Å². The first-order chi connectivity index (χ1) is 8.67. The van der Waals surface area contributed by atoms with E-state index >= 15 is 0 Å². The number of carbonyl (C=O) groups excluding carboxylic acids is 1. The molecule has 0 amide bonds. The first kappa shape index (κ1) is 14.3. The molecule has 0 fully saturated rings. The summed E-state index contributed by atoms with van der Waals surface area (Å²) in [5, 5.41) is 3.14. The number of esters is 1. The first-order valence-electron chi connectivity index (χ1n) is 5.86. The standard InChI is InChI=1S/C14H19NO3/c1-4-18-14(16)11(2)9-15-10-12-5-7-13(17-3)8-6-12/h5-8,15H,2,4,9-10H2,1,3H3. The monoisotopic (exact) mass is 249 g/mol. The van der Waals surface area contributed by atoms with E-state index in [4.69, 9.17) is 9.47 Å². The van der Waals surface area contributed by atoms with E-state index in [-0.39, 0.29) is 5.97 Å². The van der Waals surface area contributed by atoms with Crippen LogP contribution in [-0.4, -0.2) is 26.2 Å². The van der Waals surface area contributed by atoms with Gasteiger partial charge in [-0.2, -0.15) is 0 Å². The molecule has 0 saturated heterocycles. The van der Waals surface area contributed by atoms with Gasteiger partial charge in [0.1, 0.15) is 5.75 Å². The van der Waals surface area contributed by atoms with Crippen LogP contribution >= 0.6 is 0 Å². The fraction of sp³-hybridized carbons (Fsp3) is 0.357. The summed E-state index contributed by atoms with van der Waals surface area (Å²) in [4.78, 5) is 11.3. The van der Waals surface area contributed by atoms with Gasteiger partial charge in [-0.1, -0.05) is 18.7 Å². The minimum atomic E-state index is -0.347. The van der Waals surface area contributed by atoms with Crippen LogP contribution in [0.1, 0.15) is 12.5 Å². The number of carbonyl (C=O) groups is 1. The zero-order valence-electron chi connectivity index (χ0n) is 10.9. The van der Waals surface area contributed by atoms with E-state index in [9.17, 15) is 4.79 Å². The van der Waals surface area contributed by atoms with Gasteiger partial charge >= 0.3 is 5.97 Å². The van der Waals surface area contributed by atoms with Gasteiger partial charge in [0, 0.05) is 18.7 Å². The van der Waals surface area contributed by atoms with E-state index in [2.05, 4.69) is 11.9 Å². The highest BCUT2D eigenvalue weighted by molar-refractivity contribution is 5.88. The van der Waals surface area contributed by atoms with E-state index < -0.39 is 0 Å². The largest absolute Gasteiger partial charge is 0.497 e. The number of nitrogens with one attached hydrogen (secondary N) is 1. The summed E-state index contributed by atoms with van der Waals surface area (Å²) in [6.07, 6.45) is 0. The van der Waals surface area contributed by atoms with Gasteiger partial charge in [0.15, 0.2) is 0 Å². The Kier molecular flexibility index (Phi) is 5.94. The van der Waals surface area contributed by atoms with Crippen LogP contribution in [0.5, 0.6) is 5.75 Å². The Bertz CT molecular complexity index is 398. The van der Waals surface area contributed by atoms with Crippen molar-refractivity contribution in [2.45, 2.75) is 13.5 Å². The SMILES string of the molecule is C=C(CNCc1ccc(OC)cc1)C(=O)OCC. The van der Waals surface area contributed by atoms with Crippen molar-refractivity contribution >= 4 is 5.97 Å². The van der Waals surface area contributed by atoms with E-state index in [0.717, 1.165) is 11.3 Å². The van der Waals surface area contributed by atoms with Crippen molar-refractivity contribution in [1.29, 1.82) is 0 Å². The van der Waals surface area contributed by atoms with Crippen molar-refractivity contribution in [2.75, 3.05) is 20.3 Å². The highest BCUT2D eigenvalue weighted by Gasteiger charge is 2.06. The molecule has 0 bridgehead atoms. The van der Waals surface area contributed by atoms with Crippen molar-refractivity contribution < 1.29 is 14.3 Å². The minimum absolute atomic E-state index is 0.347. The fourth-order valence-corrected chi connectivity index (χ4v) is 1.41. The second kappa shape index (κ2) is 7.50. The lowest BCUT2D eigenvalue weighted by molar-refractivity contribution is -0.138. The topological polar surface area (TPSA) is 47.6 Å². The summed E-state index contributed by atoms with van der Waals surface area (Å²) in [5.41, 5.74) is 1.55. The van der Waals surface area contributed by atoms with Crippen LogP contribution in [0.2, 0.25) is 0 Å². The molecular weight excluding hydrogens is 230 g/mol. The molecule has 0 aliphatic carbocycles. The lowest BCUT2D eigenvalue weighted by Gasteiger charge is -2.07. The number of methoxy groups -OCH3 is 1. The third-order valence-electron chi connectivity index (χ3n) is 2.39. The van der Waals surface area contributed by atoms with Crippen LogP contribution in [0.4, 0.5) is 0 Å². The molecule has 1 N–H and O–H groups in total. The van der Waals surface area contributed by atoms with Crippen molar-refractivity contribution in [3.8, 4) is 5.75 Å². The molecule has 4 heteroatoms. The number of benzene rings is 1. The molecule has 0 radical (unpaired) electrons. The van der Waals surface area contributed by atoms with E-state index in [1.807, 2.05) is 24.3 Å². The van der Waals surface area contributed by atoms with Gasteiger partial charge < -0.3 is 14.8 Å². The lowest BCUT2D eigenvalue weighted by atomic mass is 10.2. The van der Waals surface area contributed by atoms with Crippen LogP contribution in [-0.2, 0) is 16.1 Å². The average Bonchev–Trinajstić information content (AvgIpc) is 2.39. The molecule has 4 nitrogen and oxygen atoms in total. The molecule has 0 heterocycles. The van der Waals surface area contributed by atoms with Crippen molar-refractivity contribution in [3.05, 3.63) is 42.0 Å². The maximum absolute atomic E-state index is 11.3. The average molecular weight is 249 g/mol. The Balaban J connectivity index is 2.32. The molecule has 0 unspecified atom stereocenters. The zero-order chi connectivity index (χ0) is 13.4. The van der Waals surface area contributed by atoms with Crippen LogP contribution in [0.25, 0.3) is 0 Å². The summed E-state index contributed by atoms with van der Waals surface area (Å²) < 4.78 is 9.92. The molecule has 0 aromatic heterocycles. The van der Waals surface area contributed by atoms with Crippen LogP contribution in [0, 0.1) is 0 Å². The van der Waals surface area contributed by atoms with Crippen LogP contribution < -0.4 is 10.1 Å². The Hall–Kier alpha value is -1.81. The van der Waals surface area contributed by atoms with Crippen LogP contribution in [0.15, 0.2) is 36.4 Å². The molecular formula is C14H19NO3. The third-order valence-corrected chi connectivity index (χ3v) is 2.39. The molecule has 1 aromatic carbocycles. The van der Waals surface area contributed by atoms with Gasteiger partial charge in [-0.3, -0.25) is 0 Å². The molecule has 0 atom stereocenters. The highest BCUT2D eigenvalue weighted by Crippen LogP contribution is 2.10. The van der Waals surface area contributed by atoms with E-state index in [1.54, 1.807) is 14.0 Å². The summed E-state index contributed by atoms with van der Waals surface area (Å²) in [5.74, 6) is 0.481. The Labute approximate surface area is 108 Å². The van der Waals surface area contributed by atoms with E-state index in [0.29, 0.717) is 25.3 Å².